The molecular formula is C17H20ClN3O2. The smallest absolute Gasteiger partial charge is 0.251 e. The number of aromatic nitrogens is 1. The molecule has 0 atom stereocenters. The molecule has 0 spiro atoms. The maximum Gasteiger partial charge on any atom is 0.251 e. The highest BCUT2D eigenvalue weighted by Gasteiger charge is 2.09. The van der Waals surface area contributed by atoms with Crippen LogP contribution in [0.5, 0.6) is 0 Å². The third kappa shape index (κ3) is 4.68. The monoisotopic (exact) mass is 333 g/mol. The zero-order chi connectivity index (χ0) is 16.8. The first-order chi connectivity index (χ1) is 11.0. The Morgan fingerprint density at radius 2 is 2.00 bits per heavy atom. The molecule has 0 radical (unpaired) electrons. The molecule has 0 aliphatic carbocycles. The normalized spacial score (nSPS) is 10.7. The molecule has 1 amide bonds. The third-order valence-electron chi connectivity index (χ3n) is 3.15. The molecule has 1 aromatic carbocycles. The number of rotatable bonds is 6. The van der Waals surface area contributed by atoms with Crippen molar-refractivity contribution < 1.29 is 9.90 Å². The molecule has 1 aromatic heterocycles. The molecule has 5 nitrogen and oxygen atoms in total. The van der Waals surface area contributed by atoms with E-state index in [1.54, 1.807) is 18.3 Å². The fraction of sp³-hybridized carbons (Fsp3) is 0.294. The Balaban J connectivity index is 2.23. The maximum absolute atomic E-state index is 11.8. The Morgan fingerprint density at radius 1 is 1.30 bits per heavy atom. The summed E-state index contributed by atoms with van der Waals surface area (Å²) in [6, 6.07) is 9.31. The van der Waals surface area contributed by atoms with Gasteiger partial charge in [-0.2, -0.15) is 0 Å². The SMILES string of the molecule is CC(C)Nc1cc(-c2ccc(C(=O)NCCO)cc2)c(Cl)cn1. The molecule has 0 bridgehead atoms. The van der Waals surface area contributed by atoms with Crippen molar-refractivity contribution in [2.24, 2.45) is 0 Å². The molecule has 0 fully saturated rings. The van der Waals surface area contributed by atoms with Crippen LogP contribution in [0.15, 0.2) is 36.5 Å². The highest BCUT2D eigenvalue weighted by molar-refractivity contribution is 6.33. The van der Waals surface area contributed by atoms with Gasteiger partial charge in [0.15, 0.2) is 0 Å². The summed E-state index contributed by atoms with van der Waals surface area (Å²) in [5.74, 6) is 0.540. The summed E-state index contributed by atoms with van der Waals surface area (Å²) in [5.41, 5.74) is 2.29. The van der Waals surface area contributed by atoms with Crippen LogP contribution in [0.4, 0.5) is 5.82 Å². The van der Waals surface area contributed by atoms with E-state index in [9.17, 15) is 4.79 Å². The van der Waals surface area contributed by atoms with E-state index >= 15 is 0 Å². The van der Waals surface area contributed by atoms with Gasteiger partial charge in [-0.25, -0.2) is 4.98 Å². The lowest BCUT2D eigenvalue weighted by Gasteiger charge is -2.12. The van der Waals surface area contributed by atoms with E-state index in [1.807, 2.05) is 32.0 Å². The van der Waals surface area contributed by atoms with Crippen LogP contribution < -0.4 is 10.6 Å². The fourth-order valence-electron chi connectivity index (χ4n) is 2.11. The van der Waals surface area contributed by atoms with Crippen molar-refractivity contribution in [3.63, 3.8) is 0 Å². The highest BCUT2D eigenvalue weighted by Crippen LogP contribution is 2.29. The molecular weight excluding hydrogens is 314 g/mol. The van der Waals surface area contributed by atoms with Gasteiger partial charge in [0.05, 0.1) is 11.6 Å². The minimum Gasteiger partial charge on any atom is -0.395 e. The van der Waals surface area contributed by atoms with Gasteiger partial charge in [-0.15, -0.1) is 0 Å². The quantitative estimate of drug-likeness (QED) is 0.760. The van der Waals surface area contributed by atoms with Gasteiger partial charge < -0.3 is 15.7 Å². The van der Waals surface area contributed by atoms with E-state index in [4.69, 9.17) is 16.7 Å². The van der Waals surface area contributed by atoms with Crippen molar-refractivity contribution in [1.29, 1.82) is 0 Å². The second-order valence-electron chi connectivity index (χ2n) is 5.41. The zero-order valence-electron chi connectivity index (χ0n) is 13.1. The van der Waals surface area contributed by atoms with Gasteiger partial charge in [0.2, 0.25) is 0 Å². The lowest BCUT2D eigenvalue weighted by Crippen LogP contribution is -2.26. The Morgan fingerprint density at radius 3 is 2.61 bits per heavy atom. The molecule has 0 aliphatic rings. The first kappa shape index (κ1) is 17.2. The van der Waals surface area contributed by atoms with Crippen molar-refractivity contribution in [3.8, 4) is 11.1 Å². The predicted octanol–water partition coefficient (Wildman–Crippen LogP) is 2.94. The Hall–Kier alpha value is -2.11. The number of nitrogens with zero attached hydrogens (tertiary/aromatic N) is 1. The number of halogens is 1. The Bertz CT molecular complexity index is 672. The van der Waals surface area contributed by atoms with Crippen LogP contribution in [0.25, 0.3) is 11.1 Å². The van der Waals surface area contributed by atoms with E-state index in [0.717, 1.165) is 16.9 Å². The summed E-state index contributed by atoms with van der Waals surface area (Å²) in [6.45, 7) is 4.23. The average molecular weight is 334 g/mol. The van der Waals surface area contributed by atoms with Gasteiger partial charge in [-0.05, 0) is 37.6 Å². The number of pyridine rings is 1. The Kier molecular flexibility index (Phi) is 5.96. The van der Waals surface area contributed by atoms with Crippen LogP contribution in [-0.4, -0.2) is 35.2 Å². The molecule has 0 aliphatic heterocycles. The number of aliphatic hydroxyl groups excluding tert-OH is 1. The number of hydrogen-bond donors (Lipinski definition) is 3. The standard InChI is InChI=1S/C17H20ClN3O2/c1-11(2)21-16-9-14(15(18)10-20-16)12-3-5-13(6-4-12)17(23)19-7-8-22/h3-6,9-11,22H,7-8H2,1-2H3,(H,19,23)(H,20,21). The number of carbonyl (C=O) groups excluding carboxylic acids is 1. The zero-order valence-corrected chi connectivity index (χ0v) is 13.9. The van der Waals surface area contributed by atoms with Gasteiger partial charge in [0, 0.05) is 29.9 Å². The van der Waals surface area contributed by atoms with E-state index in [-0.39, 0.29) is 25.1 Å². The van der Waals surface area contributed by atoms with Crippen molar-refractivity contribution >= 4 is 23.3 Å². The first-order valence-corrected chi connectivity index (χ1v) is 7.80. The molecule has 0 unspecified atom stereocenters. The average Bonchev–Trinajstić information content (AvgIpc) is 2.54. The van der Waals surface area contributed by atoms with Crippen molar-refractivity contribution in [1.82, 2.24) is 10.3 Å². The third-order valence-corrected chi connectivity index (χ3v) is 3.45. The molecule has 6 heteroatoms. The largest absolute Gasteiger partial charge is 0.395 e. The van der Waals surface area contributed by atoms with Crippen molar-refractivity contribution in [2.45, 2.75) is 19.9 Å². The van der Waals surface area contributed by atoms with Gasteiger partial charge >= 0.3 is 0 Å². The fourth-order valence-corrected chi connectivity index (χ4v) is 2.32. The molecule has 122 valence electrons. The van der Waals surface area contributed by atoms with Crippen LogP contribution in [0, 0.1) is 0 Å². The van der Waals surface area contributed by atoms with Crippen molar-refractivity contribution in [3.05, 3.63) is 47.1 Å². The number of hydrogen-bond acceptors (Lipinski definition) is 4. The lowest BCUT2D eigenvalue weighted by molar-refractivity contribution is 0.0945. The van der Waals surface area contributed by atoms with Crippen LogP contribution in [-0.2, 0) is 0 Å². The molecule has 3 N–H and O–H groups in total. The van der Waals surface area contributed by atoms with Gasteiger partial charge in [-0.1, -0.05) is 23.7 Å². The first-order valence-electron chi connectivity index (χ1n) is 7.43. The molecule has 0 saturated heterocycles. The summed E-state index contributed by atoms with van der Waals surface area (Å²) in [7, 11) is 0. The van der Waals surface area contributed by atoms with Crippen molar-refractivity contribution in [2.75, 3.05) is 18.5 Å². The Labute approximate surface area is 140 Å². The summed E-state index contributed by atoms with van der Waals surface area (Å²) >= 11 is 6.24. The van der Waals surface area contributed by atoms with Gasteiger partial charge in [0.1, 0.15) is 5.82 Å². The van der Waals surface area contributed by atoms with Crippen LogP contribution in [0.3, 0.4) is 0 Å². The number of nitrogens with one attached hydrogen (secondary N) is 2. The summed E-state index contributed by atoms with van der Waals surface area (Å²) in [5, 5.41) is 15.1. The summed E-state index contributed by atoms with van der Waals surface area (Å²) in [6.07, 6.45) is 1.61. The second kappa shape index (κ2) is 7.94. The number of benzene rings is 1. The molecule has 2 aromatic rings. The predicted molar refractivity (Wildman–Crippen MR) is 92.9 cm³/mol. The van der Waals surface area contributed by atoms with Crippen LogP contribution >= 0.6 is 11.6 Å². The van der Waals surface area contributed by atoms with Crippen LogP contribution in [0.1, 0.15) is 24.2 Å². The lowest BCUT2D eigenvalue weighted by atomic mass is 10.0. The maximum atomic E-state index is 11.8. The highest BCUT2D eigenvalue weighted by atomic mass is 35.5. The summed E-state index contributed by atoms with van der Waals surface area (Å²) in [4.78, 5) is 16.1. The van der Waals surface area contributed by atoms with Gasteiger partial charge in [0.25, 0.3) is 5.91 Å². The minimum atomic E-state index is -0.214. The van der Waals surface area contributed by atoms with E-state index in [1.165, 1.54) is 0 Å². The number of amides is 1. The minimum absolute atomic E-state index is 0.0813. The number of aliphatic hydroxyl groups is 1. The molecule has 23 heavy (non-hydrogen) atoms. The van der Waals surface area contributed by atoms with E-state index < -0.39 is 0 Å². The second-order valence-corrected chi connectivity index (χ2v) is 5.81. The molecule has 1 heterocycles. The molecule has 0 saturated carbocycles. The number of anilines is 1. The molecule has 2 rings (SSSR count). The van der Waals surface area contributed by atoms with E-state index in [2.05, 4.69) is 15.6 Å². The summed E-state index contributed by atoms with van der Waals surface area (Å²) < 4.78 is 0. The topological polar surface area (TPSA) is 74.2 Å². The van der Waals surface area contributed by atoms with E-state index in [0.29, 0.717) is 10.6 Å². The number of carbonyl (C=O) groups is 1. The van der Waals surface area contributed by atoms with Gasteiger partial charge in [-0.3, -0.25) is 4.79 Å². The van der Waals surface area contributed by atoms with Crippen LogP contribution in [0.2, 0.25) is 5.02 Å².